The van der Waals surface area contributed by atoms with Crippen LogP contribution in [0.4, 0.5) is 4.39 Å². The molecule has 1 aromatic rings. The number of aliphatic carboxylic acids is 1. The molecule has 1 aliphatic carbocycles. The van der Waals surface area contributed by atoms with E-state index in [1.807, 2.05) is 0 Å². The summed E-state index contributed by atoms with van der Waals surface area (Å²) in [5.74, 6) is -1.54. The van der Waals surface area contributed by atoms with Gasteiger partial charge in [-0.3, -0.25) is 4.79 Å². The summed E-state index contributed by atoms with van der Waals surface area (Å²) in [4.78, 5) is 10.5. The van der Waals surface area contributed by atoms with E-state index in [2.05, 4.69) is 0 Å². The highest BCUT2D eigenvalue weighted by Crippen LogP contribution is 2.34. The van der Waals surface area contributed by atoms with Crippen LogP contribution in [-0.2, 0) is 4.79 Å². The zero-order valence-corrected chi connectivity index (χ0v) is 7.40. The zero-order chi connectivity index (χ0) is 10.1. The van der Waals surface area contributed by atoms with Gasteiger partial charge in [-0.1, -0.05) is 24.3 Å². The predicted octanol–water partition coefficient (Wildman–Crippen LogP) is 2.41. The molecule has 0 radical (unpaired) electrons. The second-order valence-corrected chi connectivity index (χ2v) is 3.31. The second-order valence-electron chi connectivity index (χ2n) is 3.31. The van der Waals surface area contributed by atoms with Crippen LogP contribution in [0.1, 0.15) is 23.5 Å². The van der Waals surface area contributed by atoms with E-state index in [1.54, 1.807) is 24.3 Å². The Bertz CT molecular complexity index is 410. The first-order chi connectivity index (χ1) is 6.68. The average molecular weight is 192 g/mol. The van der Waals surface area contributed by atoms with E-state index < -0.39 is 5.97 Å². The molecule has 0 saturated heterocycles. The van der Waals surface area contributed by atoms with Crippen LogP contribution in [0.2, 0.25) is 0 Å². The summed E-state index contributed by atoms with van der Waals surface area (Å²) in [5.41, 5.74) is 1.30. The summed E-state index contributed by atoms with van der Waals surface area (Å²) < 4.78 is 13.4. The lowest BCUT2D eigenvalue weighted by molar-refractivity contribution is -0.137. The Balaban J connectivity index is 2.37. The summed E-state index contributed by atoms with van der Waals surface area (Å²) in [6.45, 7) is 0. The van der Waals surface area contributed by atoms with Crippen molar-refractivity contribution in [1.82, 2.24) is 0 Å². The molecule has 1 aromatic carbocycles. The largest absolute Gasteiger partial charge is 0.481 e. The quantitative estimate of drug-likeness (QED) is 0.781. The lowest BCUT2D eigenvalue weighted by Crippen LogP contribution is -2.04. The van der Waals surface area contributed by atoms with Crippen LogP contribution in [0.5, 0.6) is 0 Å². The molecule has 0 heterocycles. The molecule has 2 nitrogen and oxygen atoms in total. The third-order valence-corrected chi connectivity index (χ3v) is 2.36. The first-order valence-corrected chi connectivity index (χ1v) is 4.37. The minimum Gasteiger partial charge on any atom is -0.481 e. The van der Waals surface area contributed by atoms with Crippen molar-refractivity contribution >= 4 is 12.0 Å². The molecular weight excluding hydrogens is 183 g/mol. The van der Waals surface area contributed by atoms with Crippen molar-refractivity contribution in [3.05, 3.63) is 41.2 Å². The summed E-state index contributed by atoms with van der Waals surface area (Å²) in [6, 6.07) is 4.78. The van der Waals surface area contributed by atoms with Crippen molar-refractivity contribution in [2.45, 2.75) is 12.3 Å². The maximum Gasteiger partial charge on any atom is 0.304 e. The van der Waals surface area contributed by atoms with Crippen LogP contribution in [0, 0.1) is 5.82 Å². The molecule has 0 fully saturated rings. The number of rotatable bonds is 2. The standard InChI is InChI=1S/C11H9FO2/c12-9-3-1-2-7-4-5-8(11(7)9)6-10(13)14/h1-5,8H,6H2,(H,13,14). The molecule has 0 aromatic heterocycles. The first-order valence-electron chi connectivity index (χ1n) is 4.37. The van der Waals surface area contributed by atoms with Crippen molar-refractivity contribution in [2.24, 2.45) is 0 Å². The van der Waals surface area contributed by atoms with Gasteiger partial charge in [0.25, 0.3) is 0 Å². The highest BCUT2D eigenvalue weighted by Gasteiger charge is 2.22. The normalized spacial score (nSPS) is 18.2. The molecule has 2 rings (SSSR count). The number of carboxylic acid groups (broad SMARTS) is 1. The van der Waals surface area contributed by atoms with Crippen LogP contribution < -0.4 is 0 Å². The molecule has 0 aliphatic heterocycles. The van der Waals surface area contributed by atoms with Gasteiger partial charge in [0.05, 0.1) is 6.42 Å². The molecule has 0 spiro atoms. The number of hydrogen-bond acceptors (Lipinski definition) is 1. The van der Waals surface area contributed by atoms with E-state index >= 15 is 0 Å². The summed E-state index contributed by atoms with van der Waals surface area (Å²) in [6.07, 6.45) is 3.46. The van der Waals surface area contributed by atoms with Crippen LogP contribution in [0.3, 0.4) is 0 Å². The Hall–Kier alpha value is -1.64. The van der Waals surface area contributed by atoms with E-state index in [1.165, 1.54) is 6.07 Å². The fourth-order valence-corrected chi connectivity index (χ4v) is 1.76. The summed E-state index contributed by atoms with van der Waals surface area (Å²) in [5, 5.41) is 8.63. The first kappa shape index (κ1) is 8.94. The van der Waals surface area contributed by atoms with E-state index in [0.29, 0.717) is 5.56 Å². The molecule has 72 valence electrons. The number of fused-ring (bicyclic) bond motifs is 1. The Kier molecular flexibility index (Phi) is 2.08. The van der Waals surface area contributed by atoms with Crippen molar-refractivity contribution in [3.8, 4) is 0 Å². The lowest BCUT2D eigenvalue weighted by atomic mass is 9.97. The minimum atomic E-state index is -0.907. The molecule has 3 heteroatoms. The molecule has 1 atom stereocenters. The van der Waals surface area contributed by atoms with Crippen LogP contribution >= 0.6 is 0 Å². The Morgan fingerprint density at radius 3 is 3.00 bits per heavy atom. The van der Waals surface area contributed by atoms with Gasteiger partial charge in [0.15, 0.2) is 0 Å². The van der Waals surface area contributed by atoms with Gasteiger partial charge in [0.2, 0.25) is 0 Å². The van der Waals surface area contributed by atoms with Gasteiger partial charge in [-0.2, -0.15) is 0 Å². The second kappa shape index (κ2) is 3.25. The maximum absolute atomic E-state index is 13.4. The van der Waals surface area contributed by atoms with Gasteiger partial charge >= 0.3 is 5.97 Å². The molecule has 0 amide bonds. The highest BCUT2D eigenvalue weighted by molar-refractivity contribution is 5.72. The number of carboxylic acids is 1. The van der Waals surface area contributed by atoms with Gasteiger partial charge in [0, 0.05) is 11.5 Å². The third kappa shape index (κ3) is 1.41. The van der Waals surface area contributed by atoms with Crippen LogP contribution in [0.15, 0.2) is 24.3 Å². The Labute approximate surface area is 80.7 Å². The number of benzene rings is 1. The topological polar surface area (TPSA) is 37.3 Å². The molecule has 1 unspecified atom stereocenters. The number of carbonyl (C=O) groups is 1. The predicted molar refractivity (Wildman–Crippen MR) is 50.4 cm³/mol. The molecule has 0 saturated carbocycles. The van der Waals surface area contributed by atoms with E-state index in [4.69, 9.17) is 5.11 Å². The summed E-state index contributed by atoms with van der Waals surface area (Å²) >= 11 is 0. The van der Waals surface area contributed by atoms with E-state index in [9.17, 15) is 9.18 Å². The minimum absolute atomic E-state index is 0.0512. The van der Waals surface area contributed by atoms with Crippen molar-refractivity contribution in [1.29, 1.82) is 0 Å². The van der Waals surface area contributed by atoms with Gasteiger partial charge in [-0.15, -0.1) is 0 Å². The molecule has 0 bridgehead atoms. The lowest BCUT2D eigenvalue weighted by Gasteiger charge is -2.08. The monoisotopic (exact) mass is 192 g/mol. The molecular formula is C11H9FO2. The smallest absolute Gasteiger partial charge is 0.304 e. The van der Waals surface area contributed by atoms with Crippen LogP contribution in [-0.4, -0.2) is 11.1 Å². The van der Waals surface area contributed by atoms with Gasteiger partial charge < -0.3 is 5.11 Å². The summed E-state index contributed by atoms with van der Waals surface area (Å²) in [7, 11) is 0. The zero-order valence-electron chi connectivity index (χ0n) is 7.40. The highest BCUT2D eigenvalue weighted by atomic mass is 19.1. The fraction of sp³-hybridized carbons (Fsp3) is 0.182. The Morgan fingerprint density at radius 1 is 1.50 bits per heavy atom. The molecule has 14 heavy (non-hydrogen) atoms. The fourth-order valence-electron chi connectivity index (χ4n) is 1.76. The SMILES string of the molecule is O=C(O)CC1C=Cc2cccc(F)c21. The number of hydrogen-bond donors (Lipinski definition) is 1. The van der Waals surface area contributed by atoms with Gasteiger partial charge in [0.1, 0.15) is 5.82 Å². The molecule has 1 N–H and O–H groups in total. The van der Waals surface area contributed by atoms with Crippen molar-refractivity contribution < 1.29 is 14.3 Å². The average Bonchev–Trinajstić information content (AvgIpc) is 2.49. The number of allylic oxidation sites excluding steroid dienone is 1. The van der Waals surface area contributed by atoms with Crippen molar-refractivity contribution in [2.75, 3.05) is 0 Å². The van der Waals surface area contributed by atoms with Crippen molar-refractivity contribution in [3.63, 3.8) is 0 Å². The maximum atomic E-state index is 13.4. The Morgan fingerprint density at radius 2 is 2.29 bits per heavy atom. The van der Waals surface area contributed by atoms with Gasteiger partial charge in [-0.05, 0) is 11.6 Å². The van der Waals surface area contributed by atoms with E-state index in [-0.39, 0.29) is 18.2 Å². The van der Waals surface area contributed by atoms with Crippen LogP contribution in [0.25, 0.3) is 6.08 Å². The number of halogens is 1. The third-order valence-electron chi connectivity index (χ3n) is 2.36. The van der Waals surface area contributed by atoms with E-state index in [0.717, 1.165) is 5.56 Å². The molecule has 1 aliphatic rings. The van der Waals surface area contributed by atoms with Gasteiger partial charge in [-0.25, -0.2) is 4.39 Å².